The molecule has 0 aliphatic rings. The van der Waals surface area contributed by atoms with Gasteiger partial charge in [0, 0.05) is 16.0 Å². The van der Waals surface area contributed by atoms with Crippen molar-refractivity contribution >= 4 is 21.6 Å². The number of halogens is 1. The van der Waals surface area contributed by atoms with Crippen molar-refractivity contribution in [1.29, 1.82) is 0 Å². The molecule has 2 aromatic heterocycles. The first-order chi connectivity index (χ1) is 9.08. The molecule has 0 bridgehead atoms. The Hall–Kier alpha value is -2.01. The van der Waals surface area contributed by atoms with Gasteiger partial charge in [0.1, 0.15) is 16.3 Å². The first-order valence-corrected chi connectivity index (χ1v) is 6.64. The second kappa shape index (κ2) is 4.28. The quantitative estimate of drug-likeness (QED) is 0.739. The molecule has 0 amide bonds. The molecule has 0 atom stereocenters. The predicted molar refractivity (Wildman–Crippen MR) is 75.1 cm³/mol. The molecule has 0 spiro atoms. The third-order valence-corrected chi connectivity index (χ3v) is 4.08. The van der Waals surface area contributed by atoms with Crippen molar-refractivity contribution in [3.8, 4) is 11.1 Å². The van der Waals surface area contributed by atoms with Gasteiger partial charge in [0.05, 0.1) is 5.52 Å². The molecule has 0 aliphatic heterocycles. The van der Waals surface area contributed by atoms with Crippen LogP contribution >= 0.6 is 11.3 Å². The maximum atomic E-state index is 14.0. The monoisotopic (exact) mass is 274 g/mol. The second-order valence-electron chi connectivity index (χ2n) is 4.34. The highest BCUT2D eigenvalue weighted by atomic mass is 32.1. The molecule has 0 unspecified atom stereocenters. The Bertz CT molecular complexity index is 835. The highest BCUT2D eigenvalue weighted by Crippen LogP contribution is 2.36. The number of thiophene rings is 1. The topological polar surface area (TPSA) is 45.8 Å². The number of aromatic nitrogens is 2. The molecule has 1 N–H and O–H groups in total. The summed E-state index contributed by atoms with van der Waals surface area (Å²) in [4.78, 5) is 19.8. The van der Waals surface area contributed by atoms with Crippen LogP contribution in [-0.2, 0) is 0 Å². The Morgan fingerprint density at radius 2 is 2.00 bits per heavy atom. The smallest absolute Gasteiger partial charge is 0.268 e. The summed E-state index contributed by atoms with van der Waals surface area (Å²) in [5, 5.41) is 0. The number of nitrogens with zero attached hydrogens (tertiary/aromatic N) is 1. The Morgan fingerprint density at radius 1 is 1.26 bits per heavy atom. The number of rotatable bonds is 1. The van der Waals surface area contributed by atoms with E-state index in [0.29, 0.717) is 27.2 Å². The van der Waals surface area contributed by atoms with E-state index in [1.165, 1.54) is 17.4 Å². The lowest BCUT2D eigenvalue weighted by atomic mass is 10.0. The van der Waals surface area contributed by atoms with Gasteiger partial charge in [0.15, 0.2) is 0 Å². The number of H-pyrrole nitrogens is 1. The van der Waals surface area contributed by atoms with Crippen molar-refractivity contribution in [2.24, 2.45) is 0 Å². The first-order valence-electron chi connectivity index (χ1n) is 5.83. The van der Waals surface area contributed by atoms with Gasteiger partial charge in [0.2, 0.25) is 0 Å². The van der Waals surface area contributed by atoms with E-state index in [4.69, 9.17) is 0 Å². The molecular weight excluding hydrogens is 263 g/mol. The zero-order valence-electron chi connectivity index (χ0n) is 10.5. The molecule has 0 saturated heterocycles. The van der Waals surface area contributed by atoms with Gasteiger partial charge in [-0.25, -0.2) is 9.37 Å². The molecule has 19 heavy (non-hydrogen) atoms. The van der Waals surface area contributed by atoms with Crippen LogP contribution < -0.4 is 5.56 Å². The number of benzene rings is 1. The third kappa shape index (κ3) is 1.86. The normalized spacial score (nSPS) is 11.1. The summed E-state index contributed by atoms with van der Waals surface area (Å²) in [6.45, 7) is 3.60. The van der Waals surface area contributed by atoms with Gasteiger partial charge in [-0.3, -0.25) is 4.79 Å². The molecule has 3 rings (SSSR count). The number of fused-ring (bicyclic) bond motifs is 1. The molecule has 0 radical (unpaired) electrons. The fourth-order valence-corrected chi connectivity index (χ4v) is 3.19. The lowest BCUT2D eigenvalue weighted by Gasteiger charge is -2.03. The van der Waals surface area contributed by atoms with Crippen molar-refractivity contribution in [3.05, 3.63) is 51.1 Å². The maximum absolute atomic E-state index is 14.0. The summed E-state index contributed by atoms with van der Waals surface area (Å²) in [6.07, 6.45) is 0. The second-order valence-corrected chi connectivity index (χ2v) is 5.57. The average Bonchev–Trinajstić information content (AvgIpc) is 2.67. The maximum Gasteiger partial charge on any atom is 0.268 e. The van der Waals surface area contributed by atoms with Crippen LogP contribution in [0.4, 0.5) is 4.39 Å². The first kappa shape index (κ1) is 12.0. The van der Waals surface area contributed by atoms with Gasteiger partial charge in [-0.05, 0) is 19.9 Å². The van der Waals surface area contributed by atoms with Gasteiger partial charge >= 0.3 is 0 Å². The number of aromatic amines is 1. The van der Waals surface area contributed by atoms with Gasteiger partial charge in [-0.15, -0.1) is 11.3 Å². The summed E-state index contributed by atoms with van der Waals surface area (Å²) in [7, 11) is 0. The van der Waals surface area contributed by atoms with Crippen LogP contribution in [0.2, 0.25) is 0 Å². The van der Waals surface area contributed by atoms with E-state index in [0.717, 1.165) is 4.88 Å². The van der Waals surface area contributed by atoms with E-state index in [9.17, 15) is 9.18 Å². The molecule has 3 aromatic rings. The van der Waals surface area contributed by atoms with Crippen molar-refractivity contribution in [1.82, 2.24) is 9.97 Å². The molecule has 0 saturated carbocycles. The van der Waals surface area contributed by atoms with Gasteiger partial charge in [-0.1, -0.05) is 18.2 Å². The minimum atomic E-state index is -0.301. The molecule has 2 heterocycles. The van der Waals surface area contributed by atoms with Gasteiger partial charge < -0.3 is 4.98 Å². The van der Waals surface area contributed by atoms with Crippen molar-refractivity contribution in [2.45, 2.75) is 13.8 Å². The number of aryl methyl sites for hydroxylation is 2. The van der Waals surface area contributed by atoms with Crippen LogP contribution in [0.1, 0.15) is 10.7 Å². The molecular formula is C14H11FN2OS. The van der Waals surface area contributed by atoms with E-state index in [1.54, 1.807) is 25.1 Å². The molecule has 0 fully saturated rings. The molecule has 96 valence electrons. The van der Waals surface area contributed by atoms with Crippen molar-refractivity contribution in [2.75, 3.05) is 0 Å². The van der Waals surface area contributed by atoms with Crippen LogP contribution in [0, 0.1) is 19.7 Å². The highest BCUT2D eigenvalue weighted by Gasteiger charge is 2.17. The van der Waals surface area contributed by atoms with Crippen LogP contribution in [0.15, 0.2) is 29.1 Å². The molecule has 3 nitrogen and oxygen atoms in total. The van der Waals surface area contributed by atoms with Crippen LogP contribution in [0.3, 0.4) is 0 Å². The lowest BCUT2D eigenvalue weighted by molar-refractivity contribution is 0.631. The zero-order valence-corrected chi connectivity index (χ0v) is 11.3. The van der Waals surface area contributed by atoms with Crippen molar-refractivity contribution in [3.63, 3.8) is 0 Å². The standard InChI is InChI=1S/C14H11FN2OS/c1-7-11(9-5-3-4-6-10(9)15)12-13(19-7)14(18)17-8(2)16-12/h3-6H,1-2H3,(H,16,17,18). The van der Waals surface area contributed by atoms with Crippen LogP contribution in [-0.4, -0.2) is 9.97 Å². The van der Waals surface area contributed by atoms with Gasteiger partial charge in [-0.2, -0.15) is 0 Å². The van der Waals surface area contributed by atoms with Crippen LogP contribution in [0.25, 0.3) is 21.3 Å². The summed E-state index contributed by atoms with van der Waals surface area (Å²) in [5.41, 5.74) is 1.61. The largest absolute Gasteiger partial charge is 0.310 e. The number of hydrogen-bond donors (Lipinski definition) is 1. The lowest BCUT2D eigenvalue weighted by Crippen LogP contribution is -2.07. The minimum absolute atomic E-state index is 0.168. The van der Waals surface area contributed by atoms with E-state index >= 15 is 0 Å². The Kier molecular flexibility index (Phi) is 2.71. The summed E-state index contributed by atoms with van der Waals surface area (Å²) in [6, 6.07) is 6.55. The number of nitrogens with one attached hydrogen (secondary N) is 1. The minimum Gasteiger partial charge on any atom is -0.310 e. The highest BCUT2D eigenvalue weighted by molar-refractivity contribution is 7.19. The average molecular weight is 274 g/mol. The fraction of sp³-hybridized carbons (Fsp3) is 0.143. The predicted octanol–water partition coefficient (Wildman–Crippen LogP) is 3.41. The molecule has 5 heteroatoms. The zero-order chi connectivity index (χ0) is 13.6. The number of hydrogen-bond acceptors (Lipinski definition) is 3. The van der Waals surface area contributed by atoms with Gasteiger partial charge in [0.25, 0.3) is 5.56 Å². The van der Waals surface area contributed by atoms with E-state index in [-0.39, 0.29) is 11.4 Å². The third-order valence-electron chi connectivity index (χ3n) is 2.98. The van der Waals surface area contributed by atoms with E-state index in [1.807, 2.05) is 6.92 Å². The van der Waals surface area contributed by atoms with E-state index in [2.05, 4.69) is 9.97 Å². The molecule has 0 aliphatic carbocycles. The van der Waals surface area contributed by atoms with Crippen molar-refractivity contribution < 1.29 is 4.39 Å². The Labute approximate surface area is 112 Å². The fourth-order valence-electron chi connectivity index (χ4n) is 2.19. The summed E-state index contributed by atoms with van der Waals surface area (Å²) in [5.74, 6) is 0.234. The Morgan fingerprint density at radius 3 is 2.74 bits per heavy atom. The van der Waals surface area contributed by atoms with Crippen LogP contribution in [0.5, 0.6) is 0 Å². The summed E-state index contributed by atoms with van der Waals surface area (Å²) < 4.78 is 14.5. The van der Waals surface area contributed by atoms with E-state index < -0.39 is 0 Å². The SMILES string of the molecule is Cc1nc2c(-c3ccccc3F)c(C)sc2c(=O)[nH]1. The summed E-state index contributed by atoms with van der Waals surface area (Å²) >= 11 is 1.34. The Balaban J connectivity index is 2.45. The molecule has 1 aromatic carbocycles.